The Labute approximate surface area is 114 Å². The molecule has 0 saturated heterocycles. The van der Waals surface area contributed by atoms with Crippen LogP contribution in [0.2, 0.25) is 0 Å². The molecule has 0 aromatic carbocycles. The summed E-state index contributed by atoms with van der Waals surface area (Å²) in [6, 6.07) is 3.60. The van der Waals surface area contributed by atoms with Crippen LogP contribution < -0.4 is 10.9 Å². The van der Waals surface area contributed by atoms with Gasteiger partial charge in [-0.2, -0.15) is 0 Å². The highest BCUT2D eigenvalue weighted by molar-refractivity contribution is 5.75. The molecule has 1 amide bonds. The van der Waals surface area contributed by atoms with Gasteiger partial charge in [0.1, 0.15) is 0 Å². The van der Waals surface area contributed by atoms with Gasteiger partial charge < -0.3 is 10.3 Å². The second-order valence-corrected chi connectivity index (χ2v) is 4.94. The Morgan fingerprint density at radius 2 is 1.95 bits per heavy atom. The van der Waals surface area contributed by atoms with E-state index >= 15 is 0 Å². The Balaban J connectivity index is 2.24. The van der Waals surface area contributed by atoms with Gasteiger partial charge in [-0.25, -0.2) is 0 Å². The van der Waals surface area contributed by atoms with Gasteiger partial charge >= 0.3 is 0 Å². The molecule has 19 heavy (non-hydrogen) atoms. The monoisotopic (exact) mass is 264 g/mol. The van der Waals surface area contributed by atoms with Gasteiger partial charge in [0, 0.05) is 24.2 Å². The van der Waals surface area contributed by atoms with Gasteiger partial charge in [-0.05, 0) is 19.4 Å². The van der Waals surface area contributed by atoms with Crippen molar-refractivity contribution in [1.29, 1.82) is 0 Å². The van der Waals surface area contributed by atoms with Crippen LogP contribution >= 0.6 is 0 Å². The number of carbonyl (C=O) groups is 1. The van der Waals surface area contributed by atoms with E-state index in [0.29, 0.717) is 18.5 Å². The van der Waals surface area contributed by atoms with Crippen LogP contribution in [0.1, 0.15) is 56.7 Å². The summed E-state index contributed by atoms with van der Waals surface area (Å²) in [4.78, 5) is 25.9. The number of carbonyl (C=O) groups excluding carboxylic acids is 1. The highest BCUT2D eigenvalue weighted by atomic mass is 16.1. The maximum Gasteiger partial charge on any atom is 0.253 e. The Kier molecular flexibility index (Phi) is 6.93. The average Bonchev–Trinajstić information content (AvgIpc) is 2.37. The van der Waals surface area contributed by atoms with Gasteiger partial charge in [0.05, 0.1) is 0 Å². The fourth-order valence-corrected chi connectivity index (χ4v) is 1.91. The molecule has 0 fully saturated rings. The number of unbranched alkanes of at least 4 members (excludes halogenated alkanes) is 4. The summed E-state index contributed by atoms with van der Waals surface area (Å²) >= 11 is 0. The lowest BCUT2D eigenvalue weighted by atomic mass is 10.1. The quantitative estimate of drug-likeness (QED) is 0.709. The van der Waals surface area contributed by atoms with Crippen molar-refractivity contribution in [3.63, 3.8) is 0 Å². The Morgan fingerprint density at radius 3 is 2.63 bits per heavy atom. The zero-order valence-corrected chi connectivity index (χ0v) is 11.9. The molecule has 0 aliphatic heterocycles. The third-order valence-corrected chi connectivity index (χ3v) is 3.12. The number of hydrogen-bond acceptors (Lipinski definition) is 2. The van der Waals surface area contributed by atoms with E-state index in [2.05, 4.69) is 17.2 Å². The molecule has 0 aliphatic rings. The van der Waals surface area contributed by atoms with Crippen molar-refractivity contribution in [1.82, 2.24) is 10.3 Å². The lowest BCUT2D eigenvalue weighted by Gasteiger charge is -2.05. The van der Waals surface area contributed by atoms with E-state index in [0.717, 1.165) is 18.5 Å². The fraction of sp³-hybridized carbons (Fsp3) is 0.600. The largest absolute Gasteiger partial charge is 0.352 e. The van der Waals surface area contributed by atoms with Gasteiger partial charge in [-0.3, -0.25) is 9.59 Å². The number of hydrogen-bond donors (Lipinski definition) is 2. The van der Waals surface area contributed by atoms with Gasteiger partial charge in [0.15, 0.2) is 0 Å². The Bertz CT molecular complexity index is 452. The number of aryl methyl sites for hydroxylation is 1. The van der Waals surface area contributed by atoms with E-state index in [-0.39, 0.29) is 11.5 Å². The summed E-state index contributed by atoms with van der Waals surface area (Å²) in [5.41, 5.74) is 1.31. The SMILES string of the molecule is CCCCCCCC(=O)NCc1ccc(C)[nH]c1=O. The fourth-order valence-electron chi connectivity index (χ4n) is 1.91. The van der Waals surface area contributed by atoms with Crippen LogP contribution in [0, 0.1) is 6.92 Å². The topological polar surface area (TPSA) is 62.0 Å². The van der Waals surface area contributed by atoms with E-state index < -0.39 is 0 Å². The molecule has 1 aromatic heterocycles. The second kappa shape index (κ2) is 8.51. The minimum Gasteiger partial charge on any atom is -0.352 e. The van der Waals surface area contributed by atoms with E-state index in [1.54, 1.807) is 6.07 Å². The number of aromatic amines is 1. The van der Waals surface area contributed by atoms with Crippen LogP contribution in [0.25, 0.3) is 0 Å². The summed E-state index contributed by atoms with van der Waals surface area (Å²) < 4.78 is 0. The molecule has 0 unspecified atom stereocenters. The van der Waals surface area contributed by atoms with Crippen molar-refractivity contribution >= 4 is 5.91 Å². The predicted octanol–water partition coefficient (Wildman–Crippen LogP) is 2.66. The molecule has 106 valence electrons. The smallest absolute Gasteiger partial charge is 0.253 e. The molecule has 0 bridgehead atoms. The third kappa shape index (κ3) is 6.22. The van der Waals surface area contributed by atoms with Crippen LogP contribution in [0.15, 0.2) is 16.9 Å². The number of amides is 1. The number of rotatable bonds is 8. The van der Waals surface area contributed by atoms with Crippen LogP contribution in [0.4, 0.5) is 0 Å². The van der Waals surface area contributed by atoms with Gasteiger partial charge in [0.2, 0.25) is 5.91 Å². The van der Waals surface area contributed by atoms with Crippen molar-refractivity contribution in [3.05, 3.63) is 33.7 Å². The van der Waals surface area contributed by atoms with E-state index in [1.165, 1.54) is 19.3 Å². The summed E-state index contributed by atoms with van der Waals surface area (Å²) in [7, 11) is 0. The molecular formula is C15H24N2O2. The summed E-state index contributed by atoms with van der Waals surface area (Å²) in [6.07, 6.45) is 6.22. The van der Waals surface area contributed by atoms with E-state index in [9.17, 15) is 9.59 Å². The molecule has 1 rings (SSSR count). The van der Waals surface area contributed by atoms with E-state index in [1.807, 2.05) is 13.0 Å². The van der Waals surface area contributed by atoms with Crippen LogP contribution in [0.5, 0.6) is 0 Å². The maximum atomic E-state index is 11.6. The van der Waals surface area contributed by atoms with Crippen molar-refractivity contribution in [2.24, 2.45) is 0 Å². The van der Waals surface area contributed by atoms with Crippen LogP contribution in [-0.2, 0) is 11.3 Å². The van der Waals surface area contributed by atoms with Crippen molar-refractivity contribution < 1.29 is 4.79 Å². The molecular weight excluding hydrogens is 240 g/mol. The molecule has 0 atom stereocenters. The highest BCUT2D eigenvalue weighted by Crippen LogP contribution is 2.04. The third-order valence-electron chi connectivity index (χ3n) is 3.12. The normalized spacial score (nSPS) is 10.4. The molecule has 1 aromatic rings. The molecule has 2 N–H and O–H groups in total. The zero-order valence-electron chi connectivity index (χ0n) is 11.9. The molecule has 0 spiro atoms. The van der Waals surface area contributed by atoms with Crippen molar-refractivity contribution in [3.8, 4) is 0 Å². The minimum absolute atomic E-state index is 0.0245. The lowest BCUT2D eigenvalue weighted by molar-refractivity contribution is -0.121. The molecule has 4 heteroatoms. The van der Waals surface area contributed by atoms with Crippen LogP contribution in [-0.4, -0.2) is 10.9 Å². The molecule has 0 radical (unpaired) electrons. The standard InChI is InChI=1S/C15H24N2O2/c1-3-4-5-6-7-8-14(18)16-11-13-10-9-12(2)17-15(13)19/h9-10H,3-8,11H2,1-2H3,(H,16,18)(H,17,19). The number of pyridine rings is 1. The molecule has 4 nitrogen and oxygen atoms in total. The number of aromatic nitrogens is 1. The Hall–Kier alpha value is -1.58. The number of H-pyrrole nitrogens is 1. The maximum absolute atomic E-state index is 11.6. The zero-order chi connectivity index (χ0) is 14.1. The van der Waals surface area contributed by atoms with Gasteiger partial charge in [-0.1, -0.05) is 38.7 Å². The van der Waals surface area contributed by atoms with Gasteiger partial charge in [-0.15, -0.1) is 0 Å². The first kappa shape index (κ1) is 15.5. The Morgan fingerprint density at radius 1 is 1.21 bits per heavy atom. The molecule has 0 saturated carbocycles. The van der Waals surface area contributed by atoms with Crippen LogP contribution in [0.3, 0.4) is 0 Å². The summed E-state index contributed by atoms with van der Waals surface area (Å²) in [6.45, 7) is 4.31. The summed E-state index contributed by atoms with van der Waals surface area (Å²) in [5, 5.41) is 2.79. The molecule has 0 aliphatic carbocycles. The molecule has 1 heterocycles. The summed E-state index contributed by atoms with van der Waals surface area (Å²) in [5.74, 6) is 0.0245. The van der Waals surface area contributed by atoms with Crippen molar-refractivity contribution in [2.45, 2.75) is 58.9 Å². The van der Waals surface area contributed by atoms with Crippen molar-refractivity contribution in [2.75, 3.05) is 0 Å². The average molecular weight is 264 g/mol. The first-order chi connectivity index (χ1) is 9.13. The number of nitrogens with one attached hydrogen (secondary N) is 2. The first-order valence-corrected chi connectivity index (χ1v) is 7.09. The minimum atomic E-state index is -0.122. The predicted molar refractivity (Wildman–Crippen MR) is 77.0 cm³/mol. The first-order valence-electron chi connectivity index (χ1n) is 7.09. The van der Waals surface area contributed by atoms with E-state index in [4.69, 9.17) is 0 Å². The lowest BCUT2D eigenvalue weighted by Crippen LogP contribution is -2.26. The van der Waals surface area contributed by atoms with Gasteiger partial charge in [0.25, 0.3) is 5.56 Å². The highest BCUT2D eigenvalue weighted by Gasteiger charge is 2.03. The second-order valence-electron chi connectivity index (χ2n) is 4.94.